The number of cyclic esters (lactones) is 1. The number of H-pyrrole nitrogens is 1. The van der Waals surface area contributed by atoms with E-state index in [0.717, 1.165) is 43.9 Å². The number of aliphatic carboxylic acids is 1. The average molecular weight is 475 g/mol. The fourth-order valence-corrected chi connectivity index (χ4v) is 6.20. The number of fused-ring (bicyclic) bond motifs is 2. The van der Waals surface area contributed by atoms with Gasteiger partial charge in [-0.3, -0.25) is 0 Å². The molecule has 0 bridgehead atoms. The number of rotatable bonds is 3. The second-order valence-corrected chi connectivity index (χ2v) is 9.56. The lowest BCUT2D eigenvalue weighted by Gasteiger charge is -2.41. The van der Waals surface area contributed by atoms with Gasteiger partial charge in [0.15, 0.2) is 5.60 Å². The molecule has 3 unspecified atom stereocenters. The molecule has 4 aromatic rings. The van der Waals surface area contributed by atoms with Crippen molar-refractivity contribution in [3.05, 3.63) is 119 Å². The van der Waals surface area contributed by atoms with Crippen molar-refractivity contribution in [2.45, 2.75) is 18.6 Å². The smallest absolute Gasteiger partial charge is 0.340 e. The highest BCUT2D eigenvalue weighted by molar-refractivity contribution is 6.09. The van der Waals surface area contributed by atoms with Gasteiger partial charge in [-0.2, -0.15) is 0 Å². The summed E-state index contributed by atoms with van der Waals surface area (Å²) < 4.78 is 6.54. The topological polar surface area (TPSA) is 91.4 Å². The highest BCUT2D eigenvalue weighted by Gasteiger charge is 2.53. The summed E-state index contributed by atoms with van der Waals surface area (Å²) in [6, 6.07) is 17.3. The van der Waals surface area contributed by atoms with Crippen molar-refractivity contribution >= 4 is 33.6 Å². The van der Waals surface area contributed by atoms with Gasteiger partial charge >= 0.3 is 11.9 Å². The van der Waals surface area contributed by atoms with Crippen LogP contribution in [-0.4, -0.2) is 28.1 Å². The number of ether oxygens (including phenoxy) is 1. The molecule has 3 atom stereocenters. The molecule has 6 heteroatoms. The monoisotopic (exact) mass is 474 g/mol. The molecule has 0 saturated carbocycles. The lowest BCUT2D eigenvalue weighted by molar-refractivity contribution is -0.133. The summed E-state index contributed by atoms with van der Waals surface area (Å²) in [5.41, 5.74) is 4.10. The van der Waals surface area contributed by atoms with Crippen LogP contribution in [0, 0.1) is 12.8 Å². The number of hydrogen-bond donors (Lipinski definition) is 3. The standard InChI is InChI=1S/C30H22N2O4/c1-16-6-2-9-18-23(14-31-26(16)18)30(24-15-32-27-19(24)10-5-12-21(27)28(33)34)22-13-4-8-17-7-3-11-20(25(17)22)29(35)36-30/h2-15,19,27,31-32H,1H3,(H,33,34). The van der Waals surface area contributed by atoms with E-state index in [1.807, 2.05) is 73.9 Å². The number of carbonyl (C=O) groups excluding carboxylic acids is 1. The molecule has 6 nitrogen and oxygen atoms in total. The number of nitrogens with one attached hydrogen (secondary N) is 2. The summed E-state index contributed by atoms with van der Waals surface area (Å²) in [5.74, 6) is -1.69. The number of carbonyl (C=O) groups is 2. The molecule has 3 aromatic carbocycles. The third-order valence-electron chi connectivity index (χ3n) is 7.77. The molecular formula is C30H22N2O4. The Morgan fingerprint density at radius 3 is 2.69 bits per heavy atom. The second-order valence-electron chi connectivity index (χ2n) is 9.56. The van der Waals surface area contributed by atoms with Crippen molar-refractivity contribution in [1.82, 2.24) is 10.3 Å². The molecule has 1 aliphatic carbocycles. The maximum Gasteiger partial charge on any atom is 0.340 e. The van der Waals surface area contributed by atoms with E-state index in [9.17, 15) is 14.7 Å². The van der Waals surface area contributed by atoms with Crippen LogP contribution in [-0.2, 0) is 15.1 Å². The highest BCUT2D eigenvalue weighted by atomic mass is 16.6. The number of aromatic amines is 1. The van der Waals surface area contributed by atoms with Crippen molar-refractivity contribution in [3.63, 3.8) is 0 Å². The number of aromatic nitrogens is 1. The molecule has 0 saturated heterocycles. The molecule has 176 valence electrons. The van der Waals surface area contributed by atoms with Gasteiger partial charge in [0, 0.05) is 51.3 Å². The first-order valence-corrected chi connectivity index (χ1v) is 11.9. The van der Waals surface area contributed by atoms with E-state index < -0.39 is 23.6 Å². The number of carboxylic acid groups (broad SMARTS) is 1. The van der Waals surface area contributed by atoms with Crippen LogP contribution in [0.15, 0.2) is 96.4 Å². The van der Waals surface area contributed by atoms with Crippen molar-refractivity contribution in [2.75, 3.05) is 0 Å². The van der Waals surface area contributed by atoms with E-state index >= 15 is 0 Å². The lowest BCUT2D eigenvalue weighted by Crippen LogP contribution is -2.42. The van der Waals surface area contributed by atoms with Crippen LogP contribution >= 0.6 is 0 Å². The van der Waals surface area contributed by atoms with E-state index in [1.165, 1.54) is 0 Å². The molecule has 36 heavy (non-hydrogen) atoms. The Morgan fingerprint density at radius 1 is 1.06 bits per heavy atom. The Kier molecular flexibility index (Phi) is 4.16. The van der Waals surface area contributed by atoms with Crippen LogP contribution in [0.3, 0.4) is 0 Å². The number of benzene rings is 3. The number of hydrogen-bond acceptors (Lipinski definition) is 4. The maximum atomic E-state index is 13.7. The normalized spacial score (nSPS) is 24.2. The van der Waals surface area contributed by atoms with Crippen LogP contribution < -0.4 is 5.32 Å². The Labute approximate surface area is 206 Å². The first-order chi connectivity index (χ1) is 17.5. The van der Waals surface area contributed by atoms with Gasteiger partial charge in [-0.25, -0.2) is 9.59 Å². The number of aryl methyl sites for hydroxylation is 1. The molecule has 7 rings (SSSR count). The zero-order valence-corrected chi connectivity index (χ0v) is 19.4. The molecule has 3 heterocycles. The van der Waals surface area contributed by atoms with Crippen LogP contribution in [0.5, 0.6) is 0 Å². The van der Waals surface area contributed by atoms with E-state index in [1.54, 1.807) is 18.2 Å². The number of carboxylic acids is 1. The zero-order chi connectivity index (χ0) is 24.6. The van der Waals surface area contributed by atoms with E-state index in [-0.39, 0.29) is 11.5 Å². The van der Waals surface area contributed by atoms with Crippen LogP contribution in [0.2, 0.25) is 0 Å². The lowest BCUT2D eigenvalue weighted by atomic mass is 9.70. The number of esters is 1. The van der Waals surface area contributed by atoms with Crippen molar-refractivity contribution < 1.29 is 19.4 Å². The minimum absolute atomic E-state index is 0.277. The predicted molar refractivity (Wildman–Crippen MR) is 137 cm³/mol. The van der Waals surface area contributed by atoms with Gasteiger partial charge in [0.1, 0.15) is 0 Å². The third kappa shape index (κ3) is 2.56. The van der Waals surface area contributed by atoms with Crippen LogP contribution in [0.4, 0.5) is 0 Å². The largest absolute Gasteiger partial charge is 0.478 e. The van der Waals surface area contributed by atoms with Gasteiger partial charge < -0.3 is 20.1 Å². The minimum atomic E-state index is -1.26. The van der Waals surface area contributed by atoms with Crippen molar-refractivity contribution in [1.29, 1.82) is 0 Å². The highest BCUT2D eigenvalue weighted by Crippen LogP contribution is 2.54. The van der Waals surface area contributed by atoms with Crippen molar-refractivity contribution in [2.24, 2.45) is 5.92 Å². The fraction of sp³-hybridized carbons (Fsp3) is 0.133. The van der Waals surface area contributed by atoms with Gasteiger partial charge in [-0.1, -0.05) is 60.7 Å². The minimum Gasteiger partial charge on any atom is -0.478 e. The molecule has 0 amide bonds. The SMILES string of the molecule is Cc1cccc2c(C3(C4=CNC5C(C(=O)O)=CC=CC45)OC(=O)c4cccc5cccc3c45)c[nH]c12. The summed E-state index contributed by atoms with van der Waals surface area (Å²) in [4.78, 5) is 29.1. The molecule has 3 N–H and O–H groups in total. The number of allylic oxidation sites excluding steroid dienone is 2. The summed E-state index contributed by atoms with van der Waals surface area (Å²) in [6.07, 6.45) is 9.15. The number of para-hydroxylation sites is 1. The Hall–Kier alpha value is -4.58. The third-order valence-corrected chi connectivity index (χ3v) is 7.77. The fourth-order valence-electron chi connectivity index (χ4n) is 6.20. The molecule has 1 aromatic heterocycles. The van der Waals surface area contributed by atoms with E-state index in [4.69, 9.17) is 4.74 Å². The Bertz CT molecular complexity index is 1720. The molecule has 0 spiro atoms. The Balaban J connectivity index is 1.57. The van der Waals surface area contributed by atoms with Crippen molar-refractivity contribution in [3.8, 4) is 0 Å². The second kappa shape index (κ2) is 7.21. The van der Waals surface area contributed by atoms with E-state index in [2.05, 4.69) is 10.3 Å². The van der Waals surface area contributed by atoms with E-state index in [0.29, 0.717) is 5.56 Å². The van der Waals surface area contributed by atoms with Gasteiger partial charge in [0.2, 0.25) is 0 Å². The molecule has 0 radical (unpaired) electrons. The summed E-state index contributed by atoms with van der Waals surface area (Å²) >= 11 is 0. The van der Waals surface area contributed by atoms with Gasteiger partial charge in [-0.05, 0) is 30.0 Å². The van der Waals surface area contributed by atoms with Crippen LogP contribution in [0.25, 0.3) is 21.7 Å². The quantitative estimate of drug-likeness (QED) is 0.360. The summed E-state index contributed by atoms with van der Waals surface area (Å²) in [5, 5.41) is 15.9. The zero-order valence-electron chi connectivity index (χ0n) is 19.4. The average Bonchev–Trinajstić information content (AvgIpc) is 3.52. The van der Waals surface area contributed by atoms with Gasteiger partial charge in [0.25, 0.3) is 0 Å². The molecular weight excluding hydrogens is 452 g/mol. The molecule has 0 fully saturated rings. The molecule has 2 aliphatic heterocycles. The summed E-state index contributed by atoms with van der Waals surface area (Å²) in [6.45, 7) is 2.04. The molecule has 3 aliphatic rings. The maximum absolute atomic E-state index is 13.7. The van der Waals surface area contributed by atoms with Gasteiger partial charge in [0.05, 0.1) is 17.2 Å². The Morgan fingerprint density at radius 2 is 1.86 bits per heavy atom. The first-order valence-electron chi connectivity index (χ1n) is 11.9. The van der Waals surface area contributed by atoms with Crippen LogP contribution in [0.1, 0.15) is 27.0 Å². The first kappa shape index (κ1) is 20.8. The van der Waals surface area contributed by atoms with Gasteiger partial charge in [-0.15, -0.1) is 0 Å². The predicted octanol–water partition coefficient (Wildman–Crippen LogP) is 5.10. The summed E-state index contributed by atoms with van der Waals surface area (Å²) in [7, 11) is 0.